The van der Waals surface area contributed by atoms with Gasteiger partial charge in [-0.15, -0.1) is 11.8 Å². The van der Waals surface area contributed by atoms with Gasteiger partial charge >= 0.3 is 0 Å². The normalized spacial score (nSPS) is 29.0. The molecule has 0 spiro atoms. The average molecular weight is 311 g/mol. The first kappa shape index (κ1) is 15.7. The van der Waals surface area contributed by atoms with Crippen LogP contribution >= 0.6 is 11.8 Å². The van der Waals surface area contributed by atoms with Crippen LogP contribution in [0.15, 0.2) is 0 Å². The lowest BCUT2D eigenvalue weighted by molar-refractivity contribution is -0.130. The van der Waals surface area contributed by atoms with Crippen molar-refractivity contribution in [1.82, 2.24) is 10.2 Å². The minimum Gasteiger partial charge on any atom is -0.339 e. The smallest absolute Gasteiger partial charge is 0.232 e. The van der Waals surface area contributed by atoms with Gasteiger partial charge in [0, 0.05) is 17.8 Å². The van der Waals surface area contributed by atoms with Crippen molar-refractivity contribution in [2.24, 2.45) is 5.92 Å². The van der Waals surface area contributed by atoms with E-state index in [1.807, 2.05) is 11.8 Å². The van der Waals surface area contributed by atoms with Crippen molar-refractivity contribution in [2.75, 3.05) is 25.4 Å². The average Bonchev–Trinajstić information content (AvgIpc) is 3.04. The minimum absolute atomic E-state index is 0.423. The summed E-state index contributed by atoms with van der Waals surface area (Å²) in [5, 5.41) is 4.10. The fourth-order valence-corrected chi connectivity index (χ4v) is 5.46. The van der Waals surface area contributed by atoms with Gasteiger partial charge in [0.15, 0.2) is 0 Å². The van der Waals surface area contributed by atoms with Crippen molar-refractivity contribution in [3.8, 4) is 0 Å². The Morgan fingerprint density at radius 2 is 1.76 bits per heavy atom. The van der Waals surface area contributed by atoms with E-state index in [1.165, 1.54) is 57.8 Å². The lowest BCUT2D eigenvalue weighted by Crippen LogP contribution is -2.42. The molecule has 1 saturated carbocycles. The van der Waals surface area contributed by atoms with E-state index in [4.69, 9.17) is 0 Å². The van der Waals surface area contributed by atoms with Gasteiger partial charge in [0.05, 0.1) is 5.75 Å². The molecule has 1 N–H and O–H groups in total. The number of hydrogen-bond donors (Lipinski definition) is 1. The van der Waals surface area contributed by atoms with Crippen LogP contribution in [-0.4, -0.2) is 47.5 Å². The van der Waals surface area contributed by atoms with E-state index < -0.39 is 0 Å². The Morgan fingerprint density at radius 3 is 2.52 bits per heavy atom. The number of thioether (sulfide) groups is 1. The monoisotopic (exact) mass is 310 g/mol. The summed E-state index contributed by atoms with van der Waals surface area (Å²) < 4.78 is 0. The Morgan fingerprint density at radius 1 is 1.00 bits per heavy atom. The number of likely N-dealkylation sites (tertiary alicyclic amines) is 1. The zero-order valence-corrected chi connectivity index (χ0v) is 14.0. The Kier molecular flexibility index (Phi) is 5.87. The Bertz CT molecular complexity index is 338. The summed E-state index contributed by atoms with van der Waals surface area (Å²) in [4.78, 5) is 14.9. The molecule has 1 aliphatic carbocycles. The molecule has 4 heteroatoms. The molecule has 1 unspecified atom stereocenters. The van der Waals surface area contributed by atoms with E-state index in [9.17, 15) is 4.79 Å². The predicted molar refractivity (Wildman–Crippen MR) is 89.7 cm³/mol. The molecule has 2 saturated heterocycles. The van der Waals surface area contributed by atoms with Crippen molar-refractivity contribution in [1.29, 1.82) is 0 Å². The van der Waals surface area contributed by atoms with Crippen LogP contribution in [-0.2, 0) is 4.79 Å². The van der Waals surface area contributed by atoms with Crippen LogP contribution in [0, 0.1) is 5.92 Å². The fraction of sp³-hybridized carbons (Fsp3) is 0.941. The summed E-state index contributed by atoms with van der Waals surface area (Å²) in [5.74, 6) is 1.94. The number of nitrogens with one attached hydrogen (secondary N) is 1. The van der Waals surface area contributed by atoms with Crippen LogP contribution in [0.1, 0.15) is 57.8 Å². The molecular weight excluding hydrogens is 280 g/mol. The molecule has 2 aliphatic heterocycles. The van der Waals surface area contributed by atoms with Gasteiger partial charge in [-0.1, -0.05) is 19.3 Å². The van der Waals surface area contributed by atoms with Crippen LogP contribution in [0.4, 0.5) is 0 Å². The van der Waals surface area contributed by atoms with E-state index in [0.29, 0.717) is 23.0 Å². The van der Waals surface area contributed by atoms with Gasteiger partial charge in [-0.2, -0.15) is 0 Å². The maximum Gasteiger partial charge on any atom is 0.232 e. The quantitative estimate of drug-likeness (QED) is 0.866. The van der Waals surface area contributed by atoms with Crippen molar-refractivity contribution in [3.63, 3.8) is 0 Å². The second-order valence-electron chi connectivity index (χ2n) is 6.96. The first-order chi connectivity index (χ1) is 10.3. The van der Waals surface area contributed by atoms with Gasteiger partial charge in [-0.25, -0.2) is 0 Å². The molecule has 21 heavy (non-hydrogen) atoms. The van der Waals surface area contributed by atoms with Crippen LogP contribution < -0.4 is 5.32 Å². The van der Waals surface area contributed by atoms with Crippen LogP contribution in [0.25, 0.3) is 0 Å². The molecule has 120 valence electrons. The zero-order valence-electron chi connectivity index (χ0n) is 13.2. The lowest BCUT2D eigenvalue weighted by Gasteiger charge is -2.34. The van der Waals surface area contributed by atoms with Gasteiger partial charge in [-0.05, 0) is 57.5 Å². The van der Waals surface area contributed by atoms with Crippen molar-refractivity contribution in [3.05, 3.63) is 0 Å². The maximum absolute atomic E-state index is 12.6. The third-order valence-electron chi connectivity index (χ3n) is 5.54. The number of piperidine rings is 1. The first-order valence-corrected chi connectivity index (χ1v) is 10.0. The summed E-state index contributed by atoms with van der Waals surface area (Å²) in [6.07, 6.45) is 11.8. The number of carbonyl (C=O) groups is 1. The highest BCUT2D eigenvalue weighted by Gasteiger charge is 2.35. The van der Waals surface area contributed by atoms with Gasteiger partial charge in [-0.3, -0.25) is 4.79 Å². The number of nitrogens with zero attached hydrogens (tertiary/aromatic N) is 1. The fourth-order valence-electron chi connectivity index (χ4n) is 4.35. The lowest BCUT2D eigenvalue weighted by atomic mass is 9.83. The maximum atomic E-state index is 12.6. The molecule has 2 heterocycles. The first-order valence-electron chi connectivity index (χ1n) is 8.96. The van der Waals surface area contributed by atoms with Gasteiger partial charge in [0.1, 0.15) is 0 Å². The molecule has 0 aromatic carbocycles. The molecule has 3 aliphatic rings. The Hall–Kier alpha value is -0.220. The zero-order chi connectivity index (χ0) is 14.5. The second-order valence-corrected chi connectivity index (χ2v) is 8.24. The topological polar surface area (TPSA) is 32.3 Å². The molecule has 1 amide bonds. The van der Waals surface area contributed by atoms with Gasteiger partial charge in [0.2, 0.25) is 5.91 Å². The molecule has 0 bridgehead atoms. The summed E-state index contributed by atoms with van der Waals surface area (Å²) >= 11 is 1.91. The molecule has 1 atom stereocenters. The Labute approximate surface area is 133 Å². The second kappa shape index (κ2) is 7.87. The van der Waals surface area contributed by atoms with E-state index >= 15 is 0 Å². The molecule has 3 nitrogen and oxygen atoms in total. The van der Waals surface area contributed by atoms with Crippen LogP contribution in [0.3, 0.4) is 0 Å². The molecule has 3 fully saturated rings. The van der Waals surface area contributed by atoms with Gasteiger partial charge < -0.3 is 10.2 Å². The van der Waals surface area contributed by atoms with E-state index in [1.54, 1.807) is 0 Å². The van der Waals surface area contributed by atoms with Crippen molar-refractivity contribution >= 4 is 17.7 Å². The SMILES string of the molecule is O=C(CSC1CCNCC1)N1CCCC1C1CCCCC1. The highest BCUT2D eigenvalue weighted by Crippen LogP contribution is 2.34. The third kappa shape index (κ3) is 4.16. The standard InChI is InChI=1S/C17H30N2OS/c20-17(13-21-15-8-10-18-11-9-15)19-12-4-7-16(19)14-5-2-1-3-6-14/h14-16,18H,1-13H2. The van der Waals surface area contributed by atoms with E-state index in [2.05, 4.69) is 10.2 Å². The third-order valence-corrected chi connectivity index (χ3v) is 6.90. The highest BCUT2D eigenvalue weighted by atomic mass is 32.2. The number of amides is 1. The van der Waals surface area contributed by atoms with Crippen molar-refractivity contribution < 1.29 is 4.79 Å². The number of rotatable bonds is 4. The van der Waals surface area contributed by atoms with Crippen molar-refractivity contribution in [2.45, 2.75) is 69.1 Å². The van der Waals surface area contributed by atoms with E-state index in [0.717, 1.165) is 25.6 Å². The summed E-state index contributed by atoms with van der Waals surface area (Å²) in [6.45, 7) is 3.27. The molecule has 0 aromatic rings. The van der Waals surface area contributed by atoms with Gasteiger partial charge in [0.25, 0.3) is 0 Å². The molecule has 0 radical (unpaired) electrons. The number of carbonyl (C=O) groups excluding carboxylic acids is 1. The largest absolute Gasteiger partial charge is 0.339 e. The summed E-state index contributed by atoms with van der Waals surface area (Å²) in [6, 6.07) is 0.575. The predicted octanol–water partition coefficient (Wildman–Crippen LogP) is 3.04. The Balaban J connectivity index is 1.48. The van der Waals surface area contributed by atoms with Crippen LogP contribution in [0.5, 0.6) is 0 Å². The minimum atomic E-state index is 0.423. The highest BCUT2D eigenvalue weighted by molar-refractivity contribution is 8.00. The van der Waals surface area contributed by atoms with Crippen LogP contribution in [0.2, 0.25) is 0 Å². The van der Waals surface area contributed by atoms with E-state index in [-0.39, 0.29) is 0 Å². The summed E-state index contributed by atoms with van der Waals surface area (Å²) in [7, 11) is 0. The molecular formula is C17H30N2OS. The number of hydrogen-bond acceptors (Lipinski definition) is 3. The molecule has 0 aromatic heterocycles. The molecule has 3 rings (SSSR count). The summed E-state index contributed by atoms with van der Waals surface area (Å²) in [5.41, 5.74) is 0.